The highest BCUT2D eigenvalue weighted by Gasteiger charge is 2.55. The number of hydrogen-bond acceptors (Lipinski definition) is 1. The van der Waals surface area contributed by atoms with Gasteiger partial charge in [-0.05, 0) is 37.2 Å². The van der Waals surface area contributed by atoms with Gasteiger partial charge >= 0.3 is 0 Å². The van der Waals surface area contributed by atoms with Crippen LogP contribution in [-0.2, 0) is 0 Å². The smallest absolute Gasteiger partial charge is 0.204 e. The maximum absolute atomic E-state index is 15.2. The number of fused-ring (bicyclic) bond motifs is 5. The molecule has 2 unspecified atom stereocenters. The molecule has 0 heterocycles. The molecule has 4 rings (SSSR count). The zero-order valence-electron chi connectivity index (χ0n) is 15.9. The van der Waals surface area contributed by atoms with Crippen molar-refractivity contribution >= 4 is 6.08 Å². The van der Waals surface area contributed by atoms with Gasteiger partial charge in [0.1, 0.15) is 0 Å². The van der Waals surface area contributed by atoms with Crippen LogP contribution in [0.15, 0.2) is 35.9 Å². The summed E-state index contributed by atoms with van der Waals surface area (Å²) in [5, 5.41) is 0. The van der Waals surface area contributed by atoms with Gasteiger partial charge in [0.25, 0.3) is 0 Å². The second kappa shape index (κ2) is 6.15. The van der Waals surface area contributed by atoms with Crippen LogP contribution in [0.2, 0.25) is 0 Å². The van der Waals surface area contributed by atoms with Gasteiger partial charge in [0, 0.05) is 17.0 Å². The lowest BCUT2D eigenvalue weighted by Gasteiger charge is -2.35. The molecule has 2 aliphatic carbocycles. The molecular weight excluding hydrogens is 349 g/mol. The van der Waals surface area contributed by atoms with E-state index >= 15 is 4.39 Å². The van der Waals surface area contributed by atoms with Crippen LogP contribution in [0.4, 0.5) is 13.2 Å². The monoisotopic (exact) mass is 372 g/mol. The Morgan fingerprint density at radius 2 is 1.67 bits per heavy atom. The molecule has 27 heavy (non-hydrogen) atoms. The third kappa shape index (κ3) is 2.60. The van der Waals surface area contributed by atoms with E-state index in [0.717, 1.165) is 11.1 Å². The van der Waals surface area contributed by atoms with Crippen molar-refractivity contribution in [2.45, 2.75) is 52.1 Å². The Morgan fingerprint density at radius 1 is 1.00 bits per heavy atom. The van der Waals surface area contributed by atoms with Gasteiger partial charge in [-0.15, -0.1) is 0 Å². The quantitative estimate of drug-likeness (QED) is 0.553. The van der Waals surface area contributed by atoms with Crippen molar-refractivity contribution in [3.05, 3.63) is 70.0 Å². The van der Waals surface area contributed by atoms with Crippen LogP contribution in [0.5, 0.6) is 5.75 Å². The van der Waals surface area contributed by atoms with Crippen LogP contribution in [0.3, 0.4) is 0 Å². The lowest BCUT2D eigenvalue weighted by Crippen LogP contribution is -2.25. The molecule has 0 N–H and O–H groups in total. The van der Waals surface area contributed by atoms with E-state index < -0.39 is 29.3 Å². The maximum Gasteiger partial charge on any atom is 0.204 e. The van der Waals surface area contributed by atoms with Crippen molar-refractivity contribution in [1.29, 1.82) is 0 Å². The second-order valence-corrected chi connectivity index (χ2v) is 8.34. The predicted octanol–water partition coefficient (Wildman–Crippen LogP) is 6.59. The summed E-state index contributed by atoms with van der Waals surface area (Å²) in [5.74, 6) is -4.02. The van der Waals surface area contributed by atoms with E-state index in [9.17, 15) is 8.78 Å². The Balaban J connectivity index is 1.90. The molecule has 0 radical (unpaired) electrons. The summed E-state index contributed by atoms with van der Waals surface area (Å²) in [6.07, 6.45) is 2.20. The van der Waals surface area contributed by atoms with Crippen molar-refractivity contribution in [1.82, 2.24) is 0 Å². The van der Waals surface area contributed by atoms with Gasteiger partial charge in [-0.3, -0.25) is 0 Å². The molecule has 2 bridgehead atoms. The zero-order chi connectivity index (χ0) is 19.5. The zero-order valence-corrected chi connectivity index (χ0v) is 15.9. The van der Waals surface area contributed by atoms with Crippen LogP contribution in [0, 0.1) is 22.9 Å². The van der Waals surface area contributed by atoms with E-state index in [1.807, 2.05) is 36.4 Å². The van der Waals surface area contributed by atoms with E-state index in [-0.39, 0.29) is 22.8 Å². The highest BCUT2D eigenvalue weighted by atomic mass is 19.2. The van der Waals surface area contributed by atoms with Crippen LogP contribution in [0.1, 0.15) is 62.6 Å². The Hall–Kier alpha value is -2.23. The first-order valence-corrected chi connectivity index (χ1v) is 9.37. The van der Waals surface area contributed by atoms with E-state index in [4.69, 9.17) is 4.74 Å². The molecule has 2 aromatic carbocycles. The molecule has 1 fully saturated rings. The summed E-state index contributed by atoms with van der Waals surface area (Å²) in [5.41, 5.74) is 2.17. The lowest BCUT2D eigenvalue weighted by atomic mass is 9.69. The molecular formula is C23H23F3O. The van der Waals surface area contributed by atoms with Crippen LogP contribution in [-0.4, -0.2) is 6.10 Å². The first kappa shape index (κ1) is 18.1. The number of hydrogen-bond donors (Lipinski definition) is 0. The fourth-order valence-corrected chi connectivity index (χ4v) is 4.77. The van der Waals surface area contributed by atoms with E-state index in [0.29, 0.717) is 12.0 Å². The van der Waals surface area contributed by atoms with Crippen molar-refractivity contribution < 1.29 is 17.9 Å². The van der Waals surface area contributed by atoms with Gasteiger partial charge in [-0.2, -0.15) is 4.39 Å². The summed E-state index contributed by atoms with van der Waals surface area (Å²) < 4.78 is 50.0. The van der Waals surface area contributed by atoms with Crippen LogP contribution in [0.25, 0.3) is 6.08 Å². The maximum atomic E-state index is 15.2. The van der Waals surface area contributed by atoms with Gasteiger partial charge in [0.05, 0.1) is 6.10 Å². The Morgan fingerprint density at radius 3 is 2.30 bits per heavy atom. The summed E-state index contributed by atoms with van der Waals surface area (Å²) in [6.45, 7) is 7.44. The minimum Gasteiger partial charge on any atom is -0.485 e. The Bertz CT molecular complexity index is 929. The molecule has 142 valence electrons. The highest BCUT2D eigenvalue weighted by Crippen LogP contribution is 2.67. The molecule has 0 amide bonds. The van der Waals surface area contributed by atoms with E-state index in [1.165, 1.54) is 0 Å². The summed E-state index contributed by atoms with van der Waals surface area (Å²) in [4.78, 5) is 0. The van der Waals surface area contributed by atoms with E-state index in [2.05, 4.69) is 13.8 Å². The molecule has 1 saturated carbocycles. The third-order valence-corrected chi connectivity index (χ3v) is 5.99. The molecule has 0 spiro atoms. The minimum absolute atomic E-state index is 0.174. The molecule has 0 saturated heterocycles. The lowest BCUT2D eigenvalue weighted by molar-refractivity contribution is 0.213. The van der Waals surface area contributed by atoms with Gasteiger partial charge < -0.3 is 4.74 Å². The molecule has 2 aliphatic rings. The molecule has 0 aliphatic heterocycles. The van der Waals surface area contributed by atoms with Crippen LogP contribution >= 0.6 is 0 Å². The fourth-order valence-electron chi connectivity index (χ4n) is 4.77. The molecule has 1 nitrogen and oxygen atoms in total. The van der Waals surface area contributed by atoms with Crippen molar-refractivity contribution in [3.8, 4) is 5.75 Å². The van der Waals surface area contributed by atoms with Crippen LogP contribution < -0.4 is 4.74 Å². The van der Waals surface area contributed by atoms with Gasteiger partial charge in [0.2, 0.25) is 5.82 Å². The number of allylic oxidation sites excluding steroid dienone is 1. The first-order chi connectivity index (χ1) is 12.7. The second-order valence-electron chi connectivity index (χ2n) is 8.34. The Labute approximate surface area is 157 Å². The molecule has 2 aromatic rings. The molecule has 0 aromatic heterocycles. The average molecular weight is 372 g/mol. The largest absolute Gasteiger partial charge is 0.485 e. The van der Waals surface area contributed by atoms with Gasteiger partial charge in [-0.1, -0.05) is 55.8 Å². The number of ether oxygens (including phenoxy) is 1. The molecule has 2 atom stereocenters. The normalized spacial score (nSPS) is 23.9. The average Bonchev–Trinajstić information content (AvgIpc) is 3.12. The fraction of sp³-hybridized carbons (Fsp3) is 0.391. The Kier molecular flexibility index (Phi) is 4.13. The number of rotatable bonds is 3. The standard InChI is InChI=1S/C23H23F3O/c1-12(2)27-22-20(25)18-16-11-14(17(18)19(24)21(22)26)15(23(16,3)4)10-13-8-6-5-7-9-13/h5-10,12,14,16H,11H2,1-4H3. The summed E-state index contributed by atoms with van der Waals surface area (Å²) in [7, 11) is 0. The SMILES string of the molecule is CC(C)Oc1c(F)c(F)c2c(c1F)C1CC2C(=Cc2ccccc2)C1(C)C. The first-order valence-electron chi connectivity index (χ1n) is 9.37. The number of benzene rings is 2. The van der Waals surface area contributed by atoms with Crippen molar-refractivity contribution in [3.63, 3.8) is 0 Å². The third-order valence-electron chi connectivity index (χ3n) is 5.99. The summed E-state index contributed by atoms with van der Waals surface area (Å²) in [6, 6.07) is 9.77. The predicted molar refractivity (Wildman–Crippen MR) is 100 cm³/mol. The minimum atomic E-state index is -1.22. The summed E-state index contributed by atoms with van der Waals surface area (Å²) >= 11 is 0. The van der Waals surface area contributed by atoms with Crippen molar-refractivity contribution in [2.75, 3.05) is 0 Å². The van der Waals surface area contributed by atoms with Gasteiger partial charge in [-0.25, -0.2) is 8.78 Å². The topological polar surface area (TPSA) is 9.23 Å². The van der Waals surface area contributed by atoms with E-state index in [1.54, 1.807) is 13.8 Å². The highest BCUT2D eigenvalue weighted by molar-refractivity contribution is 5.65. The molecule has 4 heteroatoms. The van der Waals surface area contributed by atoms with Crippen molar-refractivity contribution in [2.24, 2.45) is 5.41 Å². The number of halogens is 3. The van der Waals surface area contributed by atoms with Gasteiger partial charge in [0.15, 0.2) is 17.4 Å².